The van der Waals surface area contributed by atoms with Gasteiger partial charge < -0.3 is 20.3 Å². The van der Waals surface area contributed by atoms with Gasteiger partial charge in [0.1, 0.15) is 0 Å². The summed E-state index contributed by atoms with van der Waals surface area (Å²) in [5.74, 6) is -1.59. The minimum absolute atomic E-state index is 0.0468. The minimum atomic E-state index is -2.61. The van der Waals surface area contributed by atoms with E-state index in [2.05, 4.69) is 5.32 Å². The SMILES string of the molecule is O=C(NCC(=O)N1CCCC1B(O)O)c1ccc(S(=O)F)cc1. The lowest BCUT2D eigenvalue weighted by atomic mass is 9.78. The molecule has 2 unspecified atom stereocenters. The summed E-state index contributed by atoms with van der Waals surface area (Å²) in [6.45, 7) is 0.132. The van der Waals surface area contributed by atoms with Gasteiger partial charge in [-0.1, -0.05) is 0 Å². The third-order valence-corrected chi connectivity index (χ3v) is 4.31. The molecule has 0 aromatic heterocycles. The van der Waals surface area contributed by atoms with E-state index in [0.29, 0.717) is 19.4 Å². The maximum absolute atomic E-state index is 12.6. The predicted octanol–water partition coefficient (Wildman–Crippen LogP) is -0.589. The molecule has 124 valence electrons. The number of hydrogen-bond donors (Lipinski definition) is 3. The van der Waals surface area contributed by atoms with E-state index in [-0.39, 0.29) is 17.0 Å². The molecule has 1 saturated heterocycles. The lowest BCUT2D eigenvalue weighted by molar-refractivity contribution is -0.130. The molecule has 1 aromatic rings. The first-order valence-corrected chi connectivity index (χ1v) is 8.07. The smallest absolute Gasteiger partial charge is 0.426 e. The van der Waals surface area contributed by atoms with Crippen molar-refractivity contribution in [2.45, 2.75) is 23.7 Å². The van der Waals surface area contributed by atoms with Crippen molar-refractivity contribution < 1.29 is 27.7 Å². The number of halogens is 1. The van der Waals surface area contributed by atoms with E-state index in [9.17, 15) is 27.7 Å². The Morgan fingerprint density at radius 1 is 1.35 bits per heavy atom. The number of rotatable bonds is 5. The molecule has 2 amide bonds. The van der Waals surface area contributed by atoms with Crippen molar-refractivity contribution in [2.24, 2.45) is 0 Å². The van der Waals surface area contributed by atoms with E-state index in [4.69, 9.17) is 0 Å². The second-order valence-electron chi connectivity index (χ2n) is 5.14. The van der Waals surface area contributed by atoms with Crippen LogP contribution in [0.25, 0.3) is 0 Å². The summed E-state index contributed by atoms with van der Waals surface area (Å²) in [5.41, 5.74) is 0.201. The number of nitrogens with zero attached hydrogens (tertiary/aromatic N) is 1. The molecule has 0 radical (unpaired) electrons. The highest BCUT2D eigenvalue weighted by Crippen LogP contribution is 2.17. The van der Waals surface area contributed by atoms with Crippen molar-refractivity contribution in [3.05, 3.63) is 29.8 Å². The Kier molecular flexibility index (Phi) is 5.86. The van der Waals surface area contributed by atoms with Crippen LogP contribution in [0.3, 0.4) is 0 Å². The molecule has 10 heteroatoms. The maximum Gasteiger partial charge on any atom is 0.475 e. The van der Waals surface area contributed by atoms with Gasteiger partial charge in [-0.05, 0) is 37.1 Å². The summed E-state index contributed by atoms with van der Waals surface area (Å²) in [6.07, 6.45) is 1.17. The Balaban J connectivity index is 1.91. The average molecular weight is 342 g/mol. The predicted molar refractivity (Wildman–Crippen MR) is 81.2 cm³/mol. The van der Waals surface area contributed by atoms with Crippen molar-refractivity contribution in [2.75, 3.05) is 13.1 Å². The van der Waals surface area contributed by atoms with Gasteiger partial charge in [-0.2, -0.15) is 0 Å². The zero-order valence-electron chi connectivity index (χ0n) is 12.1. The molecule has 0 saturated carbocycles. The molecular weight excluding hydrogens is 326 g/mol. The monoisotopic (exact) mass is 342 g/mol. The van der Waals surface area contributed by atoms with Crippen LogP contribution in [0, 0.1) is 0 Å². The number of carbonyl (C=O) groups is 2. The lowest BCUT2D eigenvalue weighted by Gasteiger charge is -2.24. The molecule has 3 N–H and O–H groups in total. The van der Waals surface area contributed by atoms with Gasteiger partial charge in [0.2, 0.25) is 17.1 Å². The Morgan fingerprint density at radius 2 is 2.00 bits per heavy atom. The number of carbonyl (C=O) groups excluding carboxylic acids is 2. The van der Waals surface area contributed by atoms with Crippen LogP contribution in [0.15, 0.2) is 29.2 Å². The van der Waals surface area contributed by atoms with E-state index < -0.39 is 36.1 Å². The third kappa shape index (κ3) is 4.37. The molecule has 1 aliphatic heterocycles. The van der Waals surface area contributed by atoms with Gasteiger partial charge in [0, 0.05) is 12.1 Å². The molecule has 0 bridgehead atoms. The van der Waals surface area contributed by atoms with Gasteiger partial charge in [-0.25, -0.2) is 4.21 Å². The van der Waals surface area contributed by atoms with Crippen LogP contribution >= 0.6 is 0 Å². The van der Waals surface area contributed by atoms with Gasteiger partial charge in [-0.3, -0.25) is 9.59 Å². The van der Waals surface area contributed by atoms with Gasteiger partial charge >= 0.3 is 7.12 Å². The number of benzene rings is 1. The van der Waals surface area contributed by atoms with Gasteiger partial charge in [0.05, 0.1) is 17.4 Å². The summed E-state index contributed by atoms with van der Waals surface area (Å²) in [7, 11) is -1.61. The second kappa shape index (κ2) is 7.67. The molecule has 23 heavy (non-hydrogen) atoms. The van der Waals surface area contributed by atoms with Crippen LogP contribution in [0.2, 0.25) is 0 Å². The fraction of sp³-hybridized carbons (Fsp3) is 0.385. The highest BCUT2D eigenvalue weighted by Gasteiger charge is 2.36. The molecule has 1 aliphatic rings. The van der Waals surface area contributed by atoms with Crippen LogP contribution in [0.1, 0.15) is 23.2 Å². The summed E-state index contributed by atoms with van der Waals surface area (Å²) < 4.78 is 23.2. The standard InChI is InChI=1S/C13H16BFN2O5S/c15-23(22)10-5-3-9(4-6-10)13(19)16-8-12(18)17-7-1-2-11(17)14(20)21/h3-6,11,20-21H,1-2,7-8H2,(H,16,19). The fourth-order valence-corrected chi connectivity index (χ4v) is 2.83. The second-order valence-corrected chi connectivity index (χ2v) is 6.06. The van der Waals surface area contributed by atoms with Crippen LogP contribution < -0.4 is 5.32 Å². The zero-order chi connectivity index (χ0) is 17.0. The molecular formula is C13H16BFN2O5S. The van der Waals surface area contributed by atoms with Crippen molar-refractivity contribution in [1.29, 1.82) is 0 Å². The fourth-order valence-electron chi connectivity index (χ4n) is 2.48. The lowest BCUT2D eigenvalue weighted by Crippen LogP contribution is -2.48. The van der Waals surface area contributed by atoms with Gasteiger partial charge in [0.15, 0.2) is 0 Å². The summed E-state index contributed by atoms with van der Waals surface area (Å²) in [4.78, 5) is 25.2. The normalized spacial score (nSPS) is 18.6. The Morgan fingerprint density at radius 3 is 2.57 bits per heavy atom. The Hall–Kier alpha value is -1.78. The molecule has 1 aromatic carbocycles. The van der Waals surface area contributed by atoms with E-state index in [0.717, 1.165) is 0 Å². The maximum atomic E-state index is 12.6. The molecule has 0 spiro atoms. The van der Waals surface area contributed by atoms with Crippen LogP contribution in [-0.2, 0) is 16.0 Å². The number of hydrogen-bond acceptors (Lipinski definition) is 5. The first-order chi connectivity index (χ1) is 10.9. The number of nitrogens with one attached hydrogen (secondary N) is 1. The highest BCUT2D eigenvalue weighted by atomic mass is 32.2. The molecule has 0 aliphatic carbocycles. The number of likely N-dealkylation sites (tertiary alicyclic amines) is 1. The third-order valence-electron chi connectivity index (χ3n) is 3.67. The van der Waals surface area contributed by atoms with Crippen LogP contribution in [-0.4, -0.2) is 57.1 Å². The average Bonchev–Trinajstić information content (AvgIpc) is 3.02. The zero-order valence-corrected chi connectivity index (χ0v) is 13.0. The van der Waals surface area contributed by atoms with Gasteiger partial charge in [0.25, 0.3) is 5.91 Å². The van der Waals surface area contributed by atoms with E-state index in [1.165, 1.54) is 29.2 Å². The largest absolute Gasteiger partial charge is 0.475 e. The minimum Gasteiger partial charge on any atom is -0.426 e. The number of amides is 2. The molecule has 1 heterocycles. The summed E-state index contributed by atoms with van der Waals surface area (Å²) >= 11 is -2.61. The first-order valence-electron chi connectivity index (χ1n) is 7.02. The summed E-state index contributed by atoms with van der Waals surface area (Å²) in [6, 6.07) is 5.07. The van der Waals surface area contributed by atoms with Crippen molar-refractivity contribution >= 4 is 30.1 Å². The molecule has 2 rings (SSSR count). The van der Waals surface area contributed by atoms with E-state index in [1.807, 2.05) is 0 Å². The van der Waals surface area contributed by atoms with Crippen molar-refractivity contribution in [1.82, 2.24) is 10.2 Å². The van der Waals surface area contributed by atoms with E-state index in [1.54, 1.807) is 0 Å². The van der Waals surface area contributed by atoms with Crippen molar-refractivity contribution in [3.8, 4) is 0 Å². The van der Waals surface area contributed by atoms with Crippen LogP contribution in [0.5, 0.6) is 0 Å². The molecule has 1 fully saturated rings. The van der Waals surface area contributed by atoms with E-state index >= 15 is 0 Å². The Labute approximate surface area is 135 Å². The van der Waals surface area contributed by atoms with Crippen molar-refractivity contribution in [3.63, 3.8) is 0 Å². The quantitative estimate of drug-likeness (QED) is 0.490. The Bertz CT molecular complexity index is 613. The summed E-state index contributed by atoms with van der Waals surface area (Å²) in [5, 5.41) is 20.9. The molecule has 7 nitrogen and oxygen atoms in total. The van der Waals surface area contributed by atoms with Gasteiger partial charge in [-0.15, -0.1) is 3.89 Å². The topological polar surface area (TPSA) is 107 Å². The molecule has 2 atom stereocenters. The first kappa shape index (κ1) is 17.6. The highest BCUT2D eigenvalue weighted by molar-refractivity contribution is 7.79. The van der Waals surface area contributed by atoms with Crippen LogP contribution in [0.4, 0.5) is 3.89 Å².